The van der Waals surface area contributed by atoms with Crippen LogP contribution in [-0.4, -0.2) is 4.57 Å². The summed E-state index contributed by atoms with van der Waals surface area (Å²) in [6, 6.07) is 94.8. The van der Waals surface area contributed by atoms with Crippen LogP contribution in [0.15, 0.2) is 255 Å². The number of para-hydroxylation sites is 1. The summed E-state index contributed by atoms with van der Waals surface area (Å²) in [6.45, 7) is 0. The Hall–Kier alpha value is -8.46. The van der Waals surface area contributed by atoms with Gasteiger partial charge < -0.3 is 9.47 Å². The number of hydrogen-bond donors (Lipinski definition) is 0. The van der Waals surface area contributed by atoms with Crippen molar-refractivity contribution in [3.8, 4) is 16.8 Å². The van der Waals surface area contributed by atoms with Gasteiger partial charge in [-0.15, -0.1) is 0 Å². The summed E-state index contributed by atoms with van der Waals surface area (Å²) in [7, 11) is 0. The van der Waals surface area contributed by atoms with E-state index in [0.717, 1.165) is 42.0 Å². The number of aryl methyl sites for hydroxylation is 2. The van der Waals surface area contributed by atoms with Crippen LogP contribution in [0.2, 0.25) is 0 Å². The van der Waals surface area contributed by atoms with E-state index in [9.17, 15) is 0 Å². The van der Waals surface area contributed by atoms with Crippen molar-refractivity contribution < 1.29 is 0 Å². The topological polar surface area (TPSA) is 8.17 Å². The first-order valence-corrected chi connectivity index (χ1v) is 24.0. The van der Waals surface area contributed by atoms with Gasteiger partial charge in [0.1, 0.15) is 0 Å². The SMILES string of the molecule is c1ccc(CCCc2ccccc2C2(c3ccccc3)c3ccccc3-c3ccc(N(c4ccc5c6ccc7ccccc7c6n(-c6ccccc6)c5c4)c4cccc5ccccc45)cc32)cc1. The molecule has 1 heterocycles. The minimum absolute atomic E-state index is 0.568. The number of nitrogens with zero attached hydrogens (tertiary/aromatic N) is 2. The lowest BCUT2D eigenvalue weighted by atomic mass is 9.66. The molecular formula is C66H48N2. The van der Waals surface area contributed by atoms with Gasteiger partial charge in [0.25, 0.3) is 0 Å². The van der Waals surface area contributed by atoms with Crippen molar-refractivity contribution in [1.82, 2.24) is 4.57 Å². The van der Waals surface area contributed by atoms with E-state index in [2.05, 4.69) is 264 Å². The average molecular weight is 869 g/mol. The van der Waals surface area contributed by atoms with Crippen molar-refractivity contribution in [2.45, 2.75) is 24.7 Å². The van der Waals surface area contributed by atoms with Crippen molar-refractivity contribution >= 4 is 60.4 Å². The molecule has 1 aromatic heterocycles. The van der Waals surface area contributed by atoms with Gasteiger partial charge in [-0.1, -0.05) is 212 Å². The molecule has 0 radical (unpaired) electrons. The molecule has 322 valence electrons. The van der Waals surface area contributed by atoms with Crippen LogP contribution in [0.1, 0.15) is 39.8 Å². The van der Waals surface area contributed by atoms with Gasteiger partial charge >= 0.3 is 0 Å². The van der Waals surface area contributed by atoms with Crippen molar-refractivity contribution in [3.05, 3.63) is 288 Å². The molecule has 2 heteroatoms. The Balaban J connectivity index is 1.07. The Kier molecular flexibility index (Phi) is 9.65. The fraction of sp³-hybridized carbons (Fsp3) is 0.0606. The molecule has 1 unspecified atom stereocenters. The highest BCUT2D eigenvalue weighted by Crippen LogP contribution is 2.58. The Labute approximate surface area is 397 Å². The molecule has 1 aliphatic rings. The standard InChI is InChI=1S/C66H48N2/c1-4-20-46(21-5-1)22-18-27-49-25-12-16-35-60(49)66(50-28-6-2-7-29-50)61-36-17-15-34-56(61)57-42-39-52(44-62(57)66)67(63-37-19-26-47-23-10-13-32-54(47)63)53-40-43-58-59-41-38-48-24-11-14-33-55(48)65(59)68(64(58)45-53)51-30-8-3-9-31-51/h1-17,19-21,23-26,28-45H,18,22,27H2. The maximum absolute atomic E-state index is 2.52. The van der Waals surface area contributed by atoms with Gasteiger partial charge in [-0.05, 0) is 117 Å². The number of anilines is 3. The van der Waals surface area contributed by atoms with Crippen LogP contribution >= 0.6 is 0 Å². The van der Waals surface area contributed by atoms with E-state index in [4.69, 9.17) is 0 Å². The maximum Gasteiger partial charge on any atom is 0.0716 e. The Bertz CT molecular complexity index is 3830. The minimum Gasteiger partial charge on any atom is -0.310 e. The predicted molar refractivity (Wildman–Crippen MR) is 286 cm³/mol. The molecule has 2 nitrogen and oxygen atoms in total. The van der Waals surface area contributed by atoms with Crippen LogP contribution < -0.4 is 4.90 Å². The van der Waals surface area contributed by atoms with E-state index >= 15 is 0 Å². The molecule has 0 fully saturated rings. The second kappa shape index (κ2) is 16.5. The number of aromatic nitrogens is 1. The fourth-order valence-electron chi connectivity index (χ4n) is 11.7. The van der Waals surface area contributed by atoms with E-state index < -0.39 is 5.41 Å². The quantitative estimate of drug-likeness (QED) is 0.133. The molecule has 0 bridgehead atoms. The largest absolute Gasteiger partial charge is 0.310 e. The zero-order chi connectivity index (χ0) is 45.0. The van der Waals surface area contributed by atoms with Crippen molar-refractivity contribution in [3.63, 3.8) is 0 Å². The molecule has 1 aliphatic carbocycles. The van der Waals surface area contributed by atoms with Gasteiger partial charge in [-0.25, -0.2) is 0 Å². The van der Waals surface area contributed by atoms with Gasteiger partial charge in [0.05, 0.1) is 22.1 Å². The molecule has 68 heavy (non-hydrogen) atoms. The summed E-state index contributed by atoms with van der Waals surface area (Å²) in [5.41, 5.74) is 16.9. The van der Waals surface area contributed by atoms with Gasteiger partial charge in [-0.2, -0.15) is 0 Å². The number of fused-ring (bicyclic) bond motifs is 9. The van der Waals surface area contributed by atoms with Gasteiger partial charge in [-0.3, -0.25) is 0 Å². The Morgan fingerprint density at radius 1 is 0.382 bits per heavy atom. The van der Waals surface area contributed by atoms with Crippen LogP contribution in [0.3, 0.4) is 0 Å². The highest BCUT2D eigenvalue weighted by atomic mass is 15.1. The van der Waals surface area contributed by atoms with E-state index in [1.165, 1.54) is 87.9 Å². The molecule has 0 aliphatic heterocycles. The van der Waals surface area contributed by atoms with Crippen molar-refractivity contribution in [2.75, 3.05) is 4.90 Å². The summed E-state index contributed by atoms with van der Waals surface area (Å²) in [4.78, 5) is 2.51. The first kappa shape index (κ1) is 39.9. The van der Waals surface area contributed by atoms with E-state index in [1.54, 1.807) is 0 Å². The normalized spacial score (nSPS) is 14.1. The summed E-state index contributed by atoms with van der Waals surface area (Å²) in [6.07, 6.45) is 3.07. The summed E-state index contributed by atoms with van der Waals surface area (Å²) in [5.74, 6) is 0. The third-order valence-corrected chi connectivity index (χ3v) is 14.6. The molecular weight excluding hydrogens is 821 g/mol. The summed E-state index contributed by atoms with van der Waals surface area (Å²) in [5, 5.41) is 7.36. The van der Waals surface area contributed by atoms with Crippen LogP contribution in [0.4, 0.5) is 17.1 Å². The zero-order valence-electron chi connectivity index (χ0n) is 37.8. The van der Waals surface area contributed by atoms with E-state index in [-0.39, 0.29) is 0 Å². The van der Waals surface area contributed by atoms with Gasteiger partial charge in [0, 0.05) is 38.6 Å². The van der Waals surface area contributed by atoms with Gasteiger partial charge in [0.15, 0.2) is 0 Å². The lowest BCUT2D eigenvalue weighted by Crippen LogP contribution is -2.30. The maximum atomic E-state index is 2.52. The monoisotopic (exact) mass is 868 g/mol. The highest BCUT2D eigenvalue weighted by Gasteiger charge is 2.47. The first-order chi connectivity index (χ1) is 33.8. The lowest BCUT2D eigenvalue weighted by molar-refractivity contribution is 0.734. The molecule has 11 aromatic carbocycles. The lowest BCUT2D eigenvalue weighted by Gasteiger charge is -2.36. The second-order valence-corrected chi connectivity index (χ2v) is 18.3. The van der Waals surface area contributed by atoms with Crippen molar-refractivity contribution in [1.29, 1.82) is 0 Å². The molecule has 13 rings (SSSR count). The molecule has 0 amide bonds. The third kappa shape index (κ3) is 6.32. The predicted octanol–water partition coefficient (Wildman–Crippen LogP) is 17.1. The number of rotatable bonds is 10. The molecule has 0 spiro atoms. The highest BCUT2D eigenvalue weighted by molar-refractivity contribution is 6.19. The average Bonchev–Trinajstić information content (AvgIpc) is 3.90. The molecule has 1 atom stereocenters. The second-order valence-electron chi connectivity index (χ2n) is 18.3. The summed E-state index contributed by atoms with van der Waals surface area (Å²) >= 11 is 0. The third-order valence-electron chi connectivity index (χ3n) is 14.6. The van der Waals surface area contributed by atoms with E-state index in [1.807, 2.05) is 0 Å². The molecule has 12 aromatic rings. The molecule has 0 N–H and O–H groups in total. The molecule has 0 saturated carbocycles. The zero-order valence-corrected chi connectivity index (χ0v) is 37.8. The van der Waals surface area contributed by atoms with Crippen LogP contribution in [0, 0.1) is 0 Å². The number of benzene rings is 11. The first-order valence-electron chi connectivity index (χ1n) is 24.0. The van der Waals surface area contributed by atoms with Crippen molar-refractivity contribution in [2.24, 2.45) is 0 Å². The van der Waals surface area contributed by atoms with E-state index in [0.29, 0.717) is 0 Å². The smallest absolute Gasteiger partial charge is 0.0716 e. The Morgan fingerprint density at radius 2 is 0.985 bits per heavy atom. The minimum atomic E-state index is -0.568. The number of hydrogen-bond acceptors (Lipinski definition) is 1. The molecule has 0 saturated heterocycles. The Morgan fingerprint density at radius 3 is 1.81 bits per heavy atom. The van der Waals surface area contributed by atoms with Gasteiger partial charge in [0.2, 0.25) is 0 Å². The van der Waals surface area contributed by atoms with Crippen LogP contribution in [0.5, 0.6) is 0 Å². The summed E-state index contributed by atoms with van der Waals surface area (Å²) < 4.78 is 2.48. The fourth-order valence-corrected chi connectivity index (χ4v) is 11.7. The van der Waals surface area contributed by atoms with Crippen LogP contribution in [0.25, 0.3) is 60.2 Å². The van der Waals surface area contributed by atoms with Crippen LogP contribution in [-0.2, 0) is 18.3 Å².